The molecule has 2 aliphatic rings. The van der Waals surface area contributed by atoms with Gasteiger partial charge in [-0.1, -0.05) is 19.4 Å². The molecule has 2 atom stereocenters. The summed E-state index contributed by atoms with van der Waals surface area (Å²) in [4.78, 5) is 11.4. The highest BCUT2D eigenvalue weighted by atomic mass is 15.2. The van der Waals surface area contributed by atoms with Crippen LogP contribution in [0.15, 0.2) is 23.2 Å². The predicted octanol–water partition coefficient (Wildman–Crippen LogP) is 2.71. The van der Waals surface area contributed by atoms with E-state index in [1.54, 1.807) is 0 Å². The Balaban J connectivity index is 1.44. The summed E-state index contributed by atoms with van der Waals surface area (Å²) in [6.45, 7) is 6.41. The summed E-state index contributed by atoms with van der Waals surface area (Å²) in [6, 6.07) is 7.39. The molecule has 3 rings (SSSR count). The van der Waals surface area contributed by atoms with Crippen LogP contribution in [0.2, 0.25) is 0 Å². The van der Waals surface area contributed by atoms with Gasteiger partial charge in [0.05, 0.1) is 0 Å². The number of nitrogens with one attached hydrogen (secondary N) is 2. The lowest BCUT2D eigenvalue weighted by Gasteiger charge is -2.34. The van der Waals surface area contributed by atoms with E-state index in [1.807, 2.05) is 7.05 Å². The highest BCUT2D eigenvalue weighted by Crippen LogP contribution is 2.34. The van der Waals surface area contributed by atoms with E-state index in [0.29, 0.717) is 12.1 Å². The number of aliphatic imine (C=N–C) groups is 1. The molecule has 1 saturated heterocycles. The van der Waals surface area contributed by atoms with Crippen LogP contribution in [-0.4, -0.2) is 43.2 Å². The molecule has 0 spiro atoms. The van der Waals surface area contributed by atoms with Gasteiger partial charge in [-0.05, 0) is 50.7 Å². The van der Waals surface area contributed by atoms with Crippen molar-refractivity contribution < 1.29 is 0 Å². The molecule has 1 saturated carbocycles. The molecule has 0 bridgehead atoms. The molecule has 5 heteroatoms. The van der Waals surface area contributed by atoms with Crippen molar-refractivity contribution in [1.82, 2.24) is 15.6 Å². The molecular weight excluding hydrogens is 298 g/mol. The molecule has 1 aromatic heterocycles. The summed E-state index contributed by atoms with van der Waals surface area (Å²) in [6.07, 6.45) is 6.15. The topological polar surface area (TPSA) is 52.6 Å². The zero-order valence-corrected chi connectivity index (χ0v) is 15.3. The zero-order chi connectivity index (χ0) is 16.9. The van der Waals surface area contributed by atoms with E-state index in [4.69, 9.17) is 0 Å². The summed E-state index contributed by atoms with van der Waals surface area (Å²) in [5.74, 6) is 2.94. The number of aryl methyl sites for hydroxylation is 1. The third-order valence-electron chi connectivity index (χ3n) is 5.16. The van der Waals surface area contributed by atoms with E-state index in [9.17, 15) is 0 Å². The second-order valence-electron chi connectivity index (χ2n) is 7.15. The lowest BCUT2D eigenvalue weighted by Crippen LogP contribution is -2.49. The van der Waals surface area contributed by atoms with Crippen LogP contribution in [0.3, 0.4) is 0 Å². The maximum absolute atomic E-state index is 4.64. The van der Waals surface area contributed by atoms with Crippen LogP contribution in [0, 0.1) is 12.8 Å². The third kappa shape index (κ3) is 4.40. The van der Waals surface area contributed by atoms with Gasteiger partial charge in [-0.15, -0.1) is 0 Å². The fourth-order valence-electron chi connectivity index (χ4n) is 3.61. The summed E-state index contributed by atoms with van der Waals surface area (Å²) in [7, 11) is 1.87. The van der Waals surface area contributed by atoms with Crippen molar-refractivity contribution in [2.75, 3.05) is 25.0 Å². The number of aromatic nitrogens is 1. The van der Waals surface area contributed by atoms with Crippen LogP contribution in [0.5, 0.6) is 0 Å². The van der Waals surface area contributed by atoms with E-state index < -0.39 is 0 Å². The molecule has 1 aliphatic heterocycles. The minimum absolute atomic E-state index is 0.501. The molecule has 24 heavy (non-hydrogen) atoms. The Hall–Kier alpha value is -1.78. The molecule has 2 fully saturated rings. The predicted molar refractivity (Wildman–Crippen MR) is 101 cm³/mol. The first-order chi connectivity index (χ1) is 11.7. The van der Waals surface area contributed by atoms with Crippen LogP contribution in [0.4, 0.5) is 5.82 Å². The molecule has 1 aromatic rings. The maximum Gasteiger partial charge on any atom is 0.191 e. The first kappa shape index (κ1) is 17.1. The van der Waals surface area contributed by atoms with Crippen LogP contribution in [0.25, 0.3) is 0 Å². The number of piperidine rings is 1. The van der Waals surface area contributed by atoms with Crippen LogP contribution in [0.1, 0.15) is 44.7 Å². The first-order valence-corrected chi connectivity index (χ1v) is 9.38. The Morgan fingerprint density at radius 2 is 2.08 bits per heavy atom. The number of pyridine rings is 1. The monoisotopic (exact) mass is 329 g/mol. The molecule has 5 nitrogen and oxygen atoms in total. The van der Waals surface area contributed by atoms with Crippen molar-refractivity contribution >= 4 is 11.8 Å². The van der Waals surface area contributed by atoms with Crippen molar-refractivity contribution in [1.29, 1.82) is 0 Å². The van der Waals surface area contributed by atoms with Crippen molar-refractivity contribution in [2.24, 2.45) is 10.9 Å². The number of anilines is 1. The smallest absolute Gasteiger partial charge is 0.191 e. The van der Waals surface area contributed by atoms with E-state index in [2.05, 4.69) is 57.6 Å². The van der Waals surface area contributed by atoms with Gasteiger partial charge in [0.1, 0.15) is 5.82 Å². The Morgan fingerprint density at radius 3 is 2.75 bits per heavy atom. The first-order valence-electron chi connectivity index (χ1n) is 9.38. The average Bonchev–Trinajstić information content (AvgIpc) is 3.33. The van der Waals surface area contributed by atoms with Crippen LogP contribution >= 0.6 is 0 Å². The normalized spacial score (nSPS) is 24.8. The Bertz CT molecular complexity index is 563. The molecule has 2 N–H and O–H groups in total. The number of nitrogens with zero attached hydrogens (tertiary/aromatic N) is 3. The van der Waals surface area contributed by atoms with Gasteiger partial charge in [-0.2, -0.15) is 0 Å². The SMILES string of the molecule is CCCC1CC1NC(=NC)NC1CCN(c2cccc(C)n2)CC1. The molecule has 132 valence electrons. The number of hydrogen-bond acceptors (Lipinski definition) is 3. The summed E-state index contributed by atoms with van der Waals surface area (Å²) >= 11 is 0. The molecule has 0 amide bonds. The third-order valence-corrected chi connectivity index (χ3v) is 5.16. The molecule has 1 aliphatic carbocycles. The Kier molecular flexibility index (Phi) is 5.59. The van der Waals surface area contributed by atoms with Crippen molar-refractivity contribution in [2.45, 2.75) is 58.0 Å². The van der Waals surface area contributed by atoms with Crippen LogP contribution < -0.4 is 15.5 Å². The minimum atomic E-state index is 0.501. The van der Waals surface area contributed by atoms with E-state index in [1.165, 1.54) is 19.3 Å². The molecule has 2 heterocycles. The largest absolute Gasteiger partial charge is 0.356 e. The van der Waals surface area contributed by atoms with Crippen LogP contribution in [-0.2, 0) is 0 Å². The zero-order valence-electron chi connectivity index (χ0n) is 15.3. The van der Waals surface area contributed by atoms with Crippen molar-refractivity contribution in [3.63, 3.8) is 0 Å². The van der Waals surface area contributed by atoms with E-state index in [-0.39, 0.29) is 0 Å². The van der Waals surface area contributed by atoms with Gasteiger partial charge in [-0.3, -0.25) is 4.99 Å². The Labute approximate surface area is 146 Å². The van der Waals surface area contributed by atoms with Gasteiger partial charge in [-0.25, -0.2) is 4.98 Å². The Morgan fingerprint density at radius 1 is 1.29 bits per heavy atom. The summed E-state index contributed by atoms with van der Waals surface area (Å²) in [5, 5.41) is 7.20. The molecule has 0 aromatic carbocycles. The molecule has 0 radical (unpaired) electrons. The number of rotatable bonds is 5. The maximum atomic E-state index is 4.64. The van der Waals surface area contributed by atoms with Gasteiger partial charge in [0.2, 0.25) is 0 Å². The van der Waals surface area contributed by atoms with Crippen molar-refractivity contribution in [3.05, 3.63) is 23.9 Å². The lowest BCUT2D eigenvalue weighted by molar-refractivity contribution is 0.458. The van der Waals surface area contributed by atoms with Gasteiger partial charge in [0.15, 0.2) is 5.96 Å². The fraction of sp³-hybridized carbons (Fsp3) is 0.684. The van der Waals surface area contributed by atoms with E-state index in [0.717, 1.165) is 49.3 Å². The van der Waals surface area contributed by atoms with Gasteiger partial charge in [0, 0.05) is 37.9 Å². The number of guanidine groups is 1. The standard InChI is InChI=1S/C19H31N5/c1-4-6-15-13-17(15)23-19(20-3)22-16-9-11-24(12-10-16)18-8-5-7-14(2)21-18/h5,7-8,15-17H,4,6,9-13H2,1-3H3,(H2,20,22,23). The second-order valence-corrected chi connectivity index (χ2v) is 7.15. The molecular formula is C19H31N5. The second kappa shape index (κ2) is 7.86. The lowest BCUT2D eigenvalue weighted by atomic mass is 10.1. The highest BCUT2D eigenvalue weighted by molar-refractivity contribution is 5.80. The van der Waals surface area contributed by atoms with Crippen molar-refractivity contribution in [3.8, 4) is 0 Å². The summed E-state index contributed by atoms with van der Waals surface area (Å²) < 4.78 is 0. The fourth-order valence-corrected chi connectivity index (χ4v) is 3.61. The summed E-state index contributed by atoms with van der Waals surface area (Å²) in [5.41, 5.74) is 1.09. The van der Waals surface area contributed by atoms with Gasteiger partial charge >= 0.3 is 0 Å². The average molecular weight is 329 g/mol. The highest BCUT2D eigenvalue weighted by Gasteiger charge is 2.36. The van der Waals surface area contributed by atoms with E-state index >= 15 is 0 Å². The quantitative estimate of drug-likeness (QED) is 0.644. The van der Waals surface area contributed by atoms with Gasteiger partial charge < -0.3 is 15.5 Å². The molecule has 2 unspecified atom stereocenters. The minimum Gasteiger partial charge on any atom is -0.356 e. The number of hydrogen-bond donors (Lipinski definition) is 2. The van der Waals surface area contributed by atoms with Gasteiger partial charge in [0.25, 0.3) is 0 Å².